The molecule has 2 heterocycles. The molecule has 2 aliphatic rings. The van der Waals surface area contributed by atoms with Gasteiger partial charge in [-0.1, -0.05) is 12.2 Å². The molecule has 0 spiro atoms. The fraction of sp³-hybridized carbons (Fsp3) is 0.167. The van der Waals surface area contributed by atoms with Crippen molar-refractivity contribution in [3.8, 4) is 0 Å². The number of rotatable bonds is 1. The van der Waals surface area contributed by atoms with Crippen molar-refractivity contribution in [2.75, 3.05) is 7.11 Å². The maximum atomic E-state index is 10.2. The van der Waals surface area contributed by atoms with Crippen LogP contribution in [0.2, 0.25) is 0 Å². The highest BCUT2D eigenvalue weighted by atomic mass is 16.5. The summed E-state index contributed by atoms with van der Waals surface area (Å²) in [5.74, 6) is 0.822. The number of allylic oxidation sites excluding steroid dienone is 3. The zero-order chi connectivity index (χ0) is 11.1. The molecule has 4 heteroatoms. The van der Waals surface area contributed by atoms with Crippen LogP contribution in [0.25, 0.3) is 5.57 Å². The highest BCUT2D eigenvalue weighted by Crippen LogP contribution is 2.30. The van der Waals surface area contributed by atoms with Crippen molar-refractivity contribution < 1.29 is 14.1 Å². The molecule has 1 aliphatic carbocycles. The van der Waals surface area contributed by atoms with E-state index in [0.29, 0.717) is 0 Å². The highest BCUT2D eigenvalue weighted by Gasteiger charge is 2.38. The van der Waals surface area contributed by atoms with Crippen molar-refractivity contribution in [2.24, 2.45) is 5.92 Å². The fourth-order valence-corrected chi connectivity index (χ4v) is 2.19. The van der Waals surface area contributed by atoms with Crippen molar-refractivity contribution in [3.05, 3.63) is 53.8 Å². The van der Waals surface area contributed by atoms with Crippen molar-refractivity contribution in [2.45, 2.75) is 0 Å². The number of ether oxygens (including phenoxy) is 1. The van der Waals surface area contributed by atoms with Gasteiger partial charge in [0.2, 0.25) is 5.35 Å². The van der Waals surface area contributed by atoms with Gasteiger partial charge in [-0.2, -0.15) is 0 Å². The zero-order valence-corrected chi connectivity index (χ0v) is 8.79. The molecule has 4 nitrogen and oxygen atoms in total. The average molecular weight is 215 g/mol. The molecule has 0 fully saturated rings. The molecule has 80 valence electrons. The Kier molecular flexibility index (Phi) is 1.83. The predicted octanol–water partition coefficient (Wildman–Crippen LogP) is 0.145. The number of hydrogen-bond acceptors (Lipinski definition) is 3. The quantitative estimate of drug-likeness (QED) is 0.678. The van der Waals surface area contributed by atoms with E-state index in [9.17, 15) is 5.11 Å². The Morgan fingerprint density at radius 3 is 3.19 bits per heavy atom. The van der Waals surface area contributed by atoms with Gasteiger partial charge in [-0.15, -0.1) is 4.24 Å². The first-order valence-corrected chi connectivity index (χ1v) is 5.04. The number of nitrogens with zero attached hydrogens (tertiary/aromatic N) is 2. The minimum Gasteiger partial charge on any atom is -0.500 e. The van der Waals surface area contributed by atoms with Gasteiger partial charge in [0.25, 0.3) is 0 Å². The lowest BCUT2D eigenvalue weighted by molar-refractivity contribution is -0.556. The van der Waals surface area contributed by atoms with Crippen LogP contribution >= 0.6 is 0 Å². The molecule has 0 saturated heterocycles. The van der Waals surface area contributed by atoms with E-state index in [0.717, 1.165) is 16.7 Å². The van der Waals surface area contributed by atoms with E-state index in [2.05, 4.69) is 4.98 Å². The molecule has 3 rings (SSSR count). The van der Waals surface area contributed by atoms with Crippen LogP contribution in [0.5, 0.6) is 0 Å². The summed E-state index contributed by atoms with van der Waals surface area (Å²) in [5, 5.41) is 11.1. The molecule has 0 aromatic carbocycles. The second-order valence-electron chi connectivity index (χ2n) is 3.71. The highest BCUT2D eigenvalue weighted by molar-refractivity contribution is 5.65. The molecule has 1 atom stereocenters. The molecular formula is C12H11N2O2+. The van der Waals surface area contributed by atoms with E-state index in [-0.39, 0.29) is 11.8 Å². The molecular weight excluding hydrogens is 204 g/mol. The predicted molar refractivity (Wildman–Crippen MR) is 56.5 cm³/mol. The monoisotopic (exact) mass is 215 g/mol. The topological polar surface area (TPSA) is 48.2 Å². The van der Waals surface area contributed by atoms with Gasteiger partial charge in [0.1, 0.15) is 5.76 Å². The number of aromatic nitrogens is 2. The van der Waals surface area contributed by atoms with E-state index < -0.39 is 0 Å². The van der Waals surface area contributed by atoms with Crippen LogP contribution < -0.4 is 9.59 Å². The molecule has 0 amide bonds. The third kappa shape index (κ3) is 1.04. The van der Waals surface area contributed by atoms with Gasteiger partial charge in [0, 0.05) is 0 Å². The molecule has 1 unspecified atom stereocenters. The molecule has 1 aliphatic heterocycles. The summed E-state index contributed by atoms with van der Waals surface area (Å²) in [6.45, 7) is 0. The summed E-state index contributed by atoms with van der Waals surface area (Å²) in [7, 11) is 1.61. The summed E-state index contributed by atoms with van der Waals surface area (Å²) in [6.07, 6.45) is 10.9. The van der Waals surface area contributed by atoms with Crippen molar-refractivity contribution in [1.29, 1.82) is 0 Å². The molecule has 1 N–H and O–H groups in total. The van der Waals surface area contributed by atoms with Gasteiger partial charge >= 0.3 is 5.90 Å². The summed E-state index contributed by atoms with van der Waals surface area (Å²) < 4.78 is 7.01. The van der Waals surface area contributed by atoms with E-state index in [1.165, 1.54) is 0 Å². The maximum Gasteiger partial charge on any atom is 0.361 e. The van der Waals surface area contributed by atoms with Crippen LogP contribution in [0, 0.1) is 11.8 Å². The summed E-state index contributed by atoms with van der Waals surface area (Å²) in [6, 6.07) is 0. The summed E-state index contributed by atoms with van der Waals surface area (Å²) in [4.78, 5) is 4.07. The number of hydrogen-bond donors (Lipinski definition) is 1. The molecule has 0 saturated carbocycles. The maximum absolute atomic E-state index is 10.2. The molecule has 1 aromatic rings. The fourth-order valence-electron chi connectivity index (χ4n) is 2.19. The Balaban J connectivity index is 2.37. The number of methoxy groups -OCH3 is 1. The third-order valence-corrected chi connectivity index (χ3v) is 2.93. The van der Waals surface area contributed by atoms with Crippen molar-refractivity contribution in [1.82, 2.24) is 4.98 Å². The van der Waals surface area contributed by atoms with Gasteiger partial charge in [0.05, 0.1) is 25.1 Å². The van der Waals surface area contributed by atoms with E-state index in [1.807, 2.05) is 18.2 Å². The molecule has 0 radical (unpaired) electrons. The normalized spacial score (nSPS) is 21.6. The lowest BCUT2D eigenvalue weighted by atomic mass is 9.94. The largest absolute Gasteiger partial charge is 0.500 e. The van der Waals surface area contributed by atoms with Gasteiger partial charge in [-0.3, -0.25) is 4.98 Å². The smallest absolute Gasteiger partial charge is 0.361 e. The Labute approximate surface area is 92.2 Å². The van der Waals surface area contributed by atoms with E-state index >= 15 is 0 Å². The van der Waals surface area contributed by atoms with Crippen LogP contribution in [-0.2, 0) is 4.74 Å². The Bertz CT molecular complexity index is 629. The van der Waals surface area contributed by atoms with Crippen LogP contribution in [0.3, 0.4) is 0 Å². The lowest BCUT2D eigenvalue weighted by Crippen LogP contribution is -2.37. The van der Waals surface area contributed by atoms with Crippen LogP contribution in [0.1, 0.15) is 0 Å². The first-order valence-electron chi connectivity index (χ1n) is 5.04. The van der Waals surface area contributed by atoms with Gasteiger partial charge in [-0.25, -0.2) is 0 Å². The third-order valence-electron chi connectivity index (χ3n) is 2.93. The molecule has 1 aromatic heterocycles. The first-order chi connectivity index (χ1) is 7.83. The van der Waals surface area contributed by atoms with Gasteiger partial charge in [0.15, 0.2) is 12.1 Å². The molecule has 0 bridgehead atoms. The van der Waals surface area contributed by atoms with E-state index in [4.69, 9.17) is 4.74 Å². The Hall–Kier alpha value is -2.10. The lowest BCUT2D eigenvalue weighted by Gasteiger charge is -2.14. The SMILES string of the molecule is COC1=CC=CC2=c3cncc[n+]3=C(O)C12. The summed E-state index contributed by atoms with van der Waals surface area (Å²) in [5.41, 5.74) is 1.02. The Morgan fingerprint density at radius 2 is 2.38 bits per heavy atom. The van der Waals surface area contributed by atoms with Crippen LogP contribution in [0.4, 0.5) is 0 Å². The number of aliphatic hydroxyl groups is 1. The van der Waals surface area contributed by atoms with Gasteiger partial charge in [-0.05, 0) is 6.08 Å². The second-order valence-corrected chi connectivity index (χ2v) is 3.71. The van der Waals surface area contributed by atoms with Crippen LogP contribution in [-0.4, -0.2) is 17.2 Å². The zero-order valence-electron chi connectivity index (χ0n) is 8.79. The first kappa shape index (κ1) is 9.15. The molecule has 16 heavy (non-hydrogen) atoms. The van der Waals surface area contributed by atoms with Crippen molar-refractivity contribution in [3.63, 3.8) is 0 Å². The minimum absolute atomic E-state index is 0.195. The second kappa shape index (κ2) is 3.20. The number of aliphatic hydroxyl groups excluding tert-OH is 1. The van der Waals surface area contributed by atoms with Crippen molar-refractivity contribution >= 4 is 5.57 Å². The van der Waals surface area contributed by atoms with E-state index in [1.54, 1.807) is 29.9 Å². The minimum atomic E-state index is -0.195. The average Bonchev–Trinajstić information content (AvgIpc) is 2.64. The number of fused-ring (bicyclic) bond motifs is 2. The van der Waals surface area contributed by atoms with Gasteiger partial charge < -0.3 is 9.84 Å². The summed E-state index contributed by atoms with van der Waals surface area (Å²) >= 11 is 0. The van der Waals surface area contributed by atoms with Crippen LogP contribution in [0.15, 0.2) is 42.6 Å². The Morgan fingerprint density at radius 1 is 1.50 bits per heavy atom. The standard InChI is InChI=1S/C12H10N2O2/c1-16-10-4-2-3-8-9-7-13-5-6-14(9)12(15)11(8)10/h2-7,11H,1H3/p+1.